The molecule has 0 aliphatic rings. The monoisotopic (exact) mass is 289 g/mol. The largest absolute Gasteiger partial charge is 0.424 e. The van der Waals surface area contributed by atoms with Gasteiger partial charge in [-0.25, -0.2) is 0 Å². The smallest absolute Gasteiger partial charge is 0.308 e. The number of rotatable bonds is 5. The molecule has 2 aromatic heterocycles. The Morgan fingerprint density at radius 2 is 2.14 bits per heavy atom. The quantitative estimate of drug-likeness (QED) is 0.800. The maximum absolute atomic E-state index is 11.4. The molecule has 0 unspecified atom stereocenters. The minimum Gasteiger partial charge on any atom is -0.424 e. The molecule has 2 aromatic rings. The number of aromatic nitrogens is 1. The van der Waals surface area contributed by atoms with E-state index >= 15 is 0 Å². The molecule has 112 valence electrons. The number of pyridine rings is 1. The molecule has 0 saturated carbocycles. The summed E-state index contributed by atoms with van der Waals surface area (Å²) in [4.78, 5) is 22.6. The molecule has 6 heteroatoms. The molecule has 1 atom stereocenters. The first-order valence-electron chi connectivity index (χ1n) is 6.79. The zero-order valence-corrected chi connectivity index (χ0v) is 12.1. The Morgan fingerprint density at radius 1 is 1.38 bits per heavy atom. The number of esters is 1. The zero-order valence-electron chi connectivity index (χ0n) is 12.1. The van der Waals surface area contributed by atoms with E-state index in [-0.39, 0.29) is 11.9 Å². The number of ether oxygens (including phenoxy) is 1. The summed E-state index contributed by atoms with van der Waals surface area (Å²) < 4.78 is 7.11. The molecule has 0 radical (unpaired) electrons. The first-order chi connectivity index (χ1) is 9.99. The summed E-state index contributed by atoms with van der Waals surface area (Å²) in [6.45, 7) is 3.49. The number of hydrogen-bond acceptors (Lipinski definition) is 4. The third kappa shape index (κ3) is 3.61. The fourth-order valence-corrected chi connectivity index (χ4v) is 2.12. The first kappa shape index (κ1) is 15.1. The summed E-state index contributed by atoms with van der Waals surface area (Å²) in [6.07, 6.45) is 4.41. The highest BCUT2D eigenvalue weighted by atomic mass is 16.5. The summed E-state index contributed by atoms with van der Waals surface area (Å²) in [7, 11) is 0. The topological polar surface area (TPSA) is 85.8 Å². The third-order valence-electron chi connectivity index (χ3n) is 3.09. The fraction of sp³-hybridized carbons (Fsp3) is 0.333. The van der Waals surface area contributed by atoms with Crippen molar-refractivity contribution >= 4 is 17.4 Å². The van der Waals surface area contributed by atoms with Gasteiger partial charge in [0.15, 0.2) is 5.75 Å². The number of fused-ring (bicyclic) bond motifs is 1. The van der Waals surface area contributed by atoms with Gasteiger partial charge in [0.2, 0.25) is 5.91 Å². The number of nitrogens with one attached hydrogen (secondary N) is 1. The summed E-state index contributed by atoms with van der Waals surface area (Å²) in [5, 5.41) is 2.76. The summed E-state index contributed by atoms with van der Waals surface area (Å²) in [6, 6.07) is 4.99. The van der Waals surface area contributed by atoms with Gasteiger partial charge < -0.3 is 20.2 Å². The van der Waals surface area contributed by atoms with Crippen LogP contribution in [0.1, 0.15) is 19.4 Å². The van der Waals surface area contributed by atoms with Gasteiger partial charge in [0, 0.05) is 25.9 Å². The van der Waals surface area contributed by atoms with E-state index in [9.17, 15) is 9.59 Å². The van der Waals surface area contributed by atoms with Gasteiger partial charge in [-0.1, -0.05) is 0 Å². The molecule has 6 nitrogen and oxygen atoms in total. The van der Waals surface area contributed by atoms with Crippen LogP contribution in [0.25, 0.3) is 5.52 Å². The zero-order chi connectivity index (χ0) is 15.4. The van der Waals surface area contributed by atoms with E-state index in [0.717, 1.165) is 11.1 Å². The maximum Gasteiger partial charge on any atom is 0.308 e. The molecule has 0 aromatic carbocycles. The van der Waals surface area contributed by atoms with Crippen LogP contribution in [-0.2, 0) is 16.0 Å². The third-order valence-corrected chi connectivity index (χ3v) is 3.09. The van der Waals surface area contributed by atoms with Crippen molar-refractivity contribution < 1.29 is 14.3 Å². The van der Waals surface area contributed by atoms with Gasteiger partial charge in [-0.05, 0) is 37.1 Å². The number of amides is 1. The molecule has 0 aliphatic heterocycles. The number of nitrogens with zero attached hydrogens (tertiary/aromatic N) is 1. The average molecular weight is 289 g/mol. The lowest BCUT2D eigenvalue weighted by molar-refractivity contribution is -0.131. The van der Waals surface area contributed by atoms with Crippen LogP contribution in [-0.4, -0.2) is 28.9 Å². The van der Waals surface area contributed by atoms with Gasteiger partial charge in [0.05, 0.1) is 11.6 Å². The van der Waals surface area contributed by atoms with Crippen LogP contribution in [0.3, 0.4) is 0 Å². The maximum atomic E-state index is 11.4. The fourth-order valence-electron chi connectivity index (χ4n) is 2.12. The molecule has 2 heterocycles. The van der Waals surface area contributed by atoms with E-state index in [2.05, 4.69) is 5.32 Å². The lowest BCUT2D eigenvalue weighted by Gasteiger charge is -2.09. The van der Waals surface area contributed by atoms with Crippen molar-refractivity contribution in [3.05, 3.63) is 36.2 Å². The second-order valence-corrected chi connectivity index (χ2v) is 4.89. The van der Waals surface area contributed by atoms with Gasteiger partial charge in [0.25, 0.3) is 0 Å². The highest BCUT2D eigenvalue weighted by molar-refractivity contribution is 5.81. The van der Waals surface area contributed by atoms with E-state index in [4.69, 9.17) is 10.5 Å². The Hall–Kier alpha value is -2.34. The van der Waals surface area contributed by atoms with Crippen LogP contribution in [0.15, 0.2) is 30.6 Å². The van der Waals surface area contributed by atoms with E-state index < -0.39 is 6.04 Å². The molecular weight excluding hydrogens is 270 g/mol. The summed E-state index contributed by atoms with van der Waals surface area (Å²) in [5.41, 5.74) is 7.32. The Bertz CT molecular complexity index is 661. The number of hydrogen-bond donors (Lipinski definition) is 2. The van der Waals surface area contributed by atoms with Crippen LogP contribution in [0.5, 0.6) is 5.75 Å². The van der Waals surface area contributed by atoms with Crippen LogP contribution < -0.4 is 15.8 Å². The predicted octanol–water partition coefficient (Wildman–Crippen LogP) is 0.871. The SMILES string of the molecule is CC(=O)Oc1cccn2ccc(CCNC(=O)[C@H](C)N)c12. The van der Waals surface area contributed by atoms with E-state index in [1.807, 2.05) is 28.9 Å². The molecule has 3 N–H and O–H groups in total. The van der Waals surface area contributed by atoms with Gasteiger partial charge in [0.1, 0.15) is 0 Å². The van der Waals surface area contributed by atoms with Gasteiger partial charge >= 0.3 is 5.97 Å². The van der Waals surface area contributed by atoms with Gasteiger partial charge in [-0.2, -0.15) is 0 Å². The lowest BCUT2D eigenvalue weighted by Crippen LogP contribution is -2.39. The number of nitrogens with two attached hydrogens (primary N) is 1. The first-order valence-corrected chi connectivity index (χ1v) is 6.79. The summed E-state index contributed by atoms with van der Waals surface area (Å²) in [5.74, 6) is -0.0252. The van der Waals surface area contributed by atoms with Crippen molar-refractivity contribution in [3.63, 3.8) is 0 Å². The molecule has 21 heavy (non-hydrogen) atoms. The van der Waals surface area contributed by atoms with E-state index in [1.54, 1.807) is 13.0 Å². The normalized spacial score (nSPS) is 12.1. The van der Waals surface area contributed by atoms with Gasteiger partial charge in [-0.15, -0.1) is 0 Å². The molecule has 0 bridgehead atoms. The predicted molar refractivity (Wildman–Crippen MR) is 79.1 cm³/mol. The highest BCUT2D eigenvalue weighted by Crippen LogP contribution is 2.24. The van der Waals surface area contributed by atoms with Crippen molar-refractivity contribution in [1.29, 1.82) is 0 Å². The van der Waals surface area contributed by atoms with E-state index in [0.29, 0.717) is 18.7 Å². The van der Waals surface area contributed by atoms with Crippen molar-refractivity contribution in [2.24, 2.45) is 5.73 Å². The van der Waals surface area contributed by atoms with Gasteiger partial charge in [-0.3, -0.25) is 9.59 Å². The Balaban J connectivity index is 2.16. The molecule has 0 aliphatic carbocycles. The molecular formula is C15H19N3O3. The average Bonchev–Trinajstić information content (AvgIpc) is 2.82. The molecule has 1 amide bonds. The highest BCUT2D eigenvalue weighted by Gasteiger charge is 2.11. The summed E-state index contributed by atoms with van der Waals surface area (Å²) >= 11 is 0. The number of carbonyl (C=O) groups excluding carboxylic acids is 2. The lowest BCUT2D eigenvalue weighted by atomic mass is 10.2. The number of carbonyl (C=O) groups is 2. The van der Waals surface area contributed by atoms with E-state index in [1.165, 1.54) is 6.92 Å². The standard InChI is InChI=1S/C15H19N3O3/c1-10(16)15(20)17-7-5-12-6-9-18-8-3-4-13(14(12)18)21-11(2)19/h3-4,6,8-10H,5,7,16H2,1-2H3,(H,17,20)/t10-/m0/s1. The second-order valence-electron chi connectivity index (χ2n) is 4.89. The minimum absolute atomic E-state index is 0.182. The van der Waals surface area contributed by atoms with Crippen molar-refractivity contribution in [1.82, 2.24) is 9.72 Å². The van der Waals surface area contributed by atoms with Crippen LogP contribution in [0.4, 0.5) is 0 Å². The van der Waals surface area contributed by atoms with Crippen molar-refractivity contribution in [2.45, 2.75) is 26.3 Å². The molecule has 0 saturated heterocycles. The molecule has 0 spiro atoms. The van der Waals surface area contributed by atoms with Crippen molar-refractivity contribution in [3.8, 4) is 5.75 Å². The second kappa shape index (κ2) is 6.41. The molecule has 2 rings (SSSR count). The van der Waals surface area contributed by atoms with Crippen LogP contribution >= 0.6 is 0 Å². The van der Waals surface area contributed by atoms with Crippen LogP contribution in [0, 0.1) is 0 Å². The Morgan fingerprint density at radius 3 is 2.81 bits per heavy atom. The minimum atomic E-state index is -0.521. The Kier molecular flexibility index (Phi) is 4.59. The van der Waals surface area contributed by atoms with Crippen LogP contribution in [0.2, 0.25) is 0 Å². The van der Waals surface area contributed by atoms with Crippen molar-refractivity contribution in [2.75, 3.05) is 6.54 Å². The molecule has 0 fully saturated rings. The Labute approximate surface area is 122 Å².